The molecule has 0 aromatic carbocycles. The van der Waals surface area contributed by atoms with E-state index in [9.17, 15) is 4.79 Å². The molecule has 100 valence electrons. The minimum absolute atomic E-state index is 0.110. The van der Waals surface area contributed by atoms with Crippen molar-refractivity contribution in [1.29, 1.82) is 0 Å². The highest BCUT2D eigenvalue weighted by atomic mass is 16.2. The smallest absolute Gasteiger partial charge is 0.242 e. The summed E-state index contributed by atoms with van der Waals surface area (Å²) in [6.07, 6.45) is 0. The number of carbonyl (C=O) groups is 1. The van der Waals surface area contributed by atoms with Crippen molar-refractivity contribution in [2.45, 2.75) is 20.8 Å². The molecule has 18 heavy (non-hydrogen) atoms. The van der Waals surface area contributed by atoms with Gasteiger partial charge in [0.1, 0.15) is 5.82 Å². The molecular formula is C13H22N4O. The van der Waals surface area contributed by atoms with Crippen molar-refractivity contribution in [3.05, 3.63) is 17.8 Å². The fourth-order valence-corrected chi connectivity index (χ4v) is 1.73. The minimum atomic E-state index is 0.110. The Morgan fingerprint density at radius 2 is 1.94 bits per heavy atom. The molecule has 0 radical (unpaired) electrons. The van der Waals surface area contributed by atoms with E-state index < -0.39 is 0 Å². The lowest BCUT2D eigenvalue weighted by atomic mass is 10.3. The number of nitrogen functional groups attached to an aromatic ring is 1. The highest BCUT2D eigenvalue weighted by molar-refractivity contribution is 5.81. The first-order valence-corrected chi connectivity index (χ1v) is 6.21. The molecule has 1 amide bonds. The summed E-state index contributed by atoms with van der Waals surface area (Å²) in [5.74, 6) is 0.876. The van der Waals surface area contributed by atoms with E-state index in [0.717, 1.165) is 24.6 Å². The van der Waals surface area contributed by atoms with E-state index in [1.807, 2.05) is 44.9 Å². The maximum absolute atomic E-state index is 12.0. The second-order valence-electron chi connectivity index (χ2n) is 4.27. The number of hydrogen-bond acceptors (Lipinski definition) is 4. The van der Waals surface area contributed by atoms with E-state index in [1.54, 1.807) is 4.90 Å². The standard InChI is InChI=1S/C13H22N4O/c1-5-17(6-2)13(18)9-16(4)12-8-7-11(14)10(3)15-12/h7-8H,5-6,9,14H2,1-4H3. The van der Waals surface area contributed by atoms with Gasteiger partial charge in [0.05, 0.1) is 17.9 Å². The van der Waals surface area contributed by atoms with Crippen LogP contribution in [0.5, 0.6) is 0 Å². The van der Waals surface area contributed by atoms with E-state index >= 15 is 0 Å². The number of nitrogens with two attached hydrogens (primary N) is 1. The first-order valence-electron chi connectivity index (χ1n) is 6.21. The van der Waals surface area contributed by atoms with Gasteiger partial charge in [-0.3, -0.25) is 4.79 Å². The van der Waals surface area contributed by atoms with Crippen LogP contribution in [0.25, 0.3) is 0 Å². The van der Waals surface area contributed by atoms with Crippen LogP contribution >= 0.6 is 0 Å². The molecule has 0 aliphatic rings. The molecule has 1 rings (SSSR count). The predicted molar refractivity (Wildman–Crippen MR) is 74.6 cm³/mol. The summed E-state index contributed by atoms with van der Waals surface area (Å²) in [5, 5.41) is 0. The first-order chi connectivity index (χ1) is 8.49. The Morgan fingerprint density at radius 1 is 1.33 bits per heavy atom. The van der Waals surface area contributed by atoms with E-state index in [0.29, 0.717) is 12.2 Å². The van der Waals surface area contributed by atoms with Crippen molar-refractivity contribution in [3.63, 3.8) is 0 Å². The third-order valence-corrected chi connectivity index (χ3v) is 2.99. The largest absolute Gasteiger partial charge is 0.397 e. The van der Waals surface area contributed by atoms with Gasteiger partial charge >= 0.3 is 0 Å². The lowest BCUT2D eigenvalue weighted by molar-refractivity contribution is -0.129. The molecule has 0 fully saturated rings. The average molecular weight is 250 g/mol. The number of pyridine rings is 1. The van der Waals surface area contributed by atoms with Crippen molar-refractivity contribution >= 4 is 17.4 Å². The Morgan fingerprint density at radius 3 is 2.44 bits per heavy atom. The van der Waals surface area contributed by atoms with Gasteiger partial charge in [-0.05, 0) is 32.9 Å². The number of rotatable bonds is 5. The summed E-state index contributed by atoms with van der Waals surface area (Å²) in [7, 11) is 1.86. The van der Waals surface area contributed by atoms with Gasteiger partial charge in [0, 0.05) is 20.1 Å². The molecule has 5 nitrogen and oxygen atoms in total. The van der Waals surface area contributed by atoms with Gasteiger partial charge in [0.25, 0.3) is 0 Å². The molecule has 1 aromatic heterocycles. The van der Waals surface area contributed by atoms with Gasteiger partial charge in [-0.1, -0.05) is 0 Å². The third-order valence-electron chi connectivity index (χ3n) is 2.99. The molecule has 2 N–H and O–H groups in total. The maximum atomic E-state index is 12.0. The fourth-order valence-electron chi connectivity index (χ4n) is 1.73. The van der Waals surface area contributed by atoms with Gasteiger partial charge in [0.15, 0.2) is 0 Å². The molecular weight excluding hydrogens is 228 g/mol. The summed E-state index contributed by atoms with van der Waals surface area (Å²) < 4.78 is 0. The van der Waals surface area contributed by atoms with Gasteiger partial charge in [0.2, 0.25) is 5.91 Å². The van der Waals surface area contributed by atoms with Crippen LogP contribution in [0.15, 0.2) is 12.1 Å². The molecule has 1 heterocycles. The first kappa shape index (κ1) is 14.3. The monoisotopic (exact) mass is 250 g/mol. The molecule has 0 saturated heterocycles. The van der Waals surface area contributed by atoms with Crippen molar-refractivity contribution in [2.75, 3.05) is 37.3 Å². The van der Waals surface area contributed by atoms with Gasteiger partial charge < -0.3 is 15.5 Å². The van der Waals surface area contributed by atoms with E-state index in [2.05, 4.69) is 4.98 Å². The van der Waals surface area contributed by atoms with Crippen LogP contribution in [0.2, 0.25) is 0 Å². The Hall–Kier alpha value is -1.78. The highest BCUT2D eigenvalue weighted by Gasteiger charge is 2.13. The molecule has 0 unspecified atom stereocenters. The van der Waals surface area contributed by atoms with E-state index in [4.69, 9.17) is 5.73 Å². The van der Waals surface area contributed by atoms with Crippen molar-refractivity contribution in [2.24, 2.45) is 0 Å². The van der Waals surface area contributed by atoms with Crippen LogP contribution < -0.4 is 10.6 Å². The zero-order valence-corrected chi connectivity index (χ0v) is 11.6. The van der Waals surface area contributed by atoms with Crippen LogP contribution in [0, 0.1) is 6.92 Å². The van der Waals surface area contributed by atoms with Crippen molar-refractivity contribution < 1.29 is 4.79 Å². The summed E-state index contributed by atoms with van der Waals surface area (Å²) in [6.45, 7) is 7.62. The minimum Gasteiger partial charge on any atom is -0.397 e. The summed E-state index contributed by atoms with van der Waals surface area (Å²) in [5.41, 5.74) is 7.18. The van der Waals surface area contributed by atoms with Gasteiger partial charge in [-0.25, -0.2) is 4.98 Å². The topological polar surface area (TPSA) is 62.5 Å². The Kier molecular flexibility index (Phi) is 4.95. The third kappa shape index (κ3) is 3.35. The SMILES string of the molecule is CCN(CC)C(=O)CN(C)c1ccc(N)c(C)n1. The Balaban J connectivity index is 2.73. The van der Waals surface area contributed by atoms with Crippen LogP contribution in [-0.4, -0.2) is 42.5 Å². The number of aromatic nitrogens is 1. The molecule has 0 aliphatic carbocycles. The second kappa shape index (κ2) is 6.23. The van der Waals surface area contributed by atoms with E-state index in [1.165, 1.54) is 0 Å². The molecule has 0 bridgehead atoms. The number of aryl methyl sites for hydroxylation is 1. The number of nitrogens with zero attached hydrogens (tertiary/aromatic N) is 3. The second-order valence-corrected chi connectivity index (χ2v) is 4.27. The normalized spacial score (nSPS) is 10.2. The predicted octanol–water partition coefficient (Wildman–Crippen LogP) is 1.28. The van der Waals surface area contributed by atoms with Gasteiger partial charge in [-0.15, -0.1) is 0 Å². The molecule has 0 spiro atoms. The molecule has 1 aromatic rings. The molecule has 5 heteroatoms. The van der Waals surface area contributed by atoms with Crippen LogP contribution in [-0.2, 0) is 4.79 Å². The van der Waals surface area contributed by atoms with Crippen LogP contribution in [0.3, 0.4) is 0 Å². The maximum Gasteiger partial charge on any atom is 0.242 e. The number of amides is 1. The number of anilines is 2. The highest BCUT2D eigenvalue weighted by Crippen LogP contribution is 2.14. The Labute approximate surface area is 109 Å². The summed E-state index contributed by atoms with van der Waals surface area (Å²) >= 11 is 0. The Bertz CT molecular complexity index is 415. The lowest BCUT2D eigenvalue weighted by Crippen LogP contribution is -2.39. The number of likely N-dealkylation sites (N-methyl/N-ethyl adjacent to an activating group) is 2. The van der Waals surface area contributed by atoms with E-state index in [-0.39, 0.29) is 5.91 Å². The molecule has 0 atom stereocenters. The van der Waals surface area contributed by atoms with Crippen molar-refractivity contribution in [3.8, 4) is 0 Å². The number of hydrogen-bond donors (Lipinski definition) is 1. The van der Waals surface area contributed by atoms with Crippen LogP contribution in [0.4, 0.5) is 11.5 Å². The fraction of sp³-hybridized carbons (Fsp3) is 0.538. The average Bonchev–Trinajstić information content (AvgIpc) is 2.34. The number of carbonyl (C=O) groups excluding carboxylic acids is 1. The lowest BCUT2D eigenvalue weighted by Gasteiger charge is -2.24. The molecule has 0 saturated carbocycles. The quantitative estimate of drug-likeness (QED) is 0.855. The zero-order valence-electron chi connectivity index (χ0n) is 11.6. The summed E-state index contributed by atoms with van der Waals surface area (Å²) in [4.78, 5) is 20.0. The van der Waals surface area contributed by atoms with Gasteiger partial charge in [-0.2, -0.15) is 0 Å². The summed E-state index contributed by atoms with van der Waals surface area (Å²) in [6, 6.07) is 3.65. The molecule has 0 aliphatic heterocycles. The van der Waals surface area contributed by atoms with Crippen LogP contribution in [0.1, 0.15) is 19.5 Å². The zero-order chi connectivity index (χ0) is 13.7. The van der Waals surface area contributed by atoms with Crippen molar-refractivity contribution in [1.82, 2.24) is 9.88 Å².